The Morgan fingerprint density at radius 1 is 1.07 bits per heavy atom. The molecule has 0 unspecified atom stereocenters. The Morgan fingerprint density at radius 3 is 2.45 bits per heavy atom. The molecule has 9 nitrogen and oxygen atoms in total. The SMILES string of the molecule is Cc1noc([C@H]2CC[C@@H](N[C@H](Cc3ccc(Cl)cc3)C(=O)N3CCC(Cn4cncn4)(C4CCCCC4)CC3)CC2)n1. The van der Waals surface area contributed by atoms with Gasteiger partial charge in [0.1, 0.15) is 12.7 Å². The zero-order valence-corrected chi connectivity index (χ0v) is 25.5. The molecule has 1 amide bonds. The molecule has 0 radical (unpaired) electrons. The summed E-state index contributed by atoms with van der Waals surface area (Å²) in [6.07, 6.45) is 16.7. The molecule has 1 aromatic carbocycles. The van der Waals surface area contributed by atoms with E-state index in [4.69, 9.17) is 16.1 Å². The summed E-state index contributed by atoms with van der Waals surface area (Å²) in [7, 11) is 0. The number of carbonyl (C=O) groups is 1. The van der Waals surface area contributed by atoms with Gasteiger partial charge in [0.05, 0.1) is 6.04 Å². The summed E-state index contributed by atoms with van der Waals surface area (Å²) in [5.74, 6) is 2.65. The average Bonchev–Trinajstić information content (AvgIpc) is 3.70. The van der Waals surface area contributed by atoms with Crippen molar-refractivity contribution in [2.45, 2.75) is 109 Å². The van der Waals surface area contributed by atoms with Crippen molar-refractivity contribution in [2.24, 2.45) is 11.3 Å². The third-order valence-corrected chi connectivity index (χ3v) is 10.4. The van der Waals surface area contributed by atoms with E-state index < -0.39 is 0 Å². The summed E-state index contributed by atoms with van der Waals surface area (Å²) < 4.78 is 7.47. The summed E-state index contributed by atoms with van der Waals surface area (Å²) >= 11 is 6.18. The van der Waals surface area contributed by atoms with Crippen LogP contribution < -0.4 is 5.32 Å². The average molecular weight is 594 g/mol. The van der Waals surface area contributed by atoms with Gasteiger partial charge in [0, 0.05) is 36.6 Å². The number of hydrogen-bond donors (Lipinski definition) is 1. The maximum absolute atomic E-state index is 14.2. The zero-order chi connectivity index (χ0) is 28.9. The molecule has 3 fully saturated rings. The number of carbonyl (C=O) groups excluding carboxylic acids is 1. The number of nitrogens with one attached hydrogen (secondary N) is 1. The minimum atomic E-state index is -0.268. The van der Waals surface area contributed by atoms with E-state index >= 15 is 0 Å². The van der Waals surface area contributed by atoms with Crippen LogP contribution in [0, 0.1) is 18.3 Å². The number of hydrogen-bond acceptors (Lipinski definition) is 7. The first-order valence-electron chi connectivity index (χ1n) is 15.9. The molecule has 3 aliphatic rings. The van der Waals surface area contributed by atoms with Gasteiger partial charge < -0.3 is 14.7 Å². The predicted molar refractivity (Wildman–Crippen MR) is 161 cm³/mol. The number of piperidine rings is 1. The standard InChI is InChI=1S/C32H44ClN7O2/c1-23-36-30(42-38-23)25-9-13-28(14-10-25)37-29(19-24-7-11-27(33)12-8-24)31(41)39-17-15-32(16-18-39,20-40-22-34-21-35-40)26-5-3-2-4-6-26/h7-8,11-12,21-22,25-26,28-29,37H,2-6,9-10,13-20H2,1H3/t25-,28+,29-/m1/s1. The van der Waals surface area contributed by atoms with Crippen LogP contribution in [0.5, 0.6) is 0 Å². The van der Waals surface area contributed by atoms with Crippen LogP contribution in [0.1, 0.15) is 93.8 Å². The van der Waals surface area contributed by atoms with Gasteiger partial charge >= 0.3 is 0 Å². The van der Waals surface area contributed by atoms with Gasteiger partial charge in [-0.1, -0.05) is 48.2 Å². The van der Waals surface area contributed by atoms with Crippen LogP contribution in [0.25, 0.3) is 0 Å². The molecule has 42 heavy (non-hydrogen) atoms. The van der Waals surface area contributed by atoms with Crippen LogP contribution in [0.4, 0.5) is 0 Å². The van der Waals surface area contributed by atoms with Gasteiger partial charge in [-0.3, -0.25) is 9.48 Å². The first-order chi connectivity index (χ1) is 20.5. The quantitative estimate of drug-likeness (QED) is 0.337. The van der Waals surface area contributed by atoms with Gasteiger partial charge in [-0.2, -0.15) is 10.1 Å². The van der Waals surface area contributed by atoms with Crippen LogP contribution in [-0.4, -0.2) is 60.9 Å². The van der Waals surface area contributed by atoms with Crippen molar-refractivity contribution in [1.82, 2.24) is 35.1 Å². The van der Waals surface area contributed by atoms with Gasteiger partial charge in [-0.15, -0.1) is 0 Å². The fourth-order valence-electron chi connectivity index (χ4n) is 7.78. The molecule has 1 atom stereocenters. The van der Waals surface area contributed by atoms with Crippen molar-refractivity contribution in [3.63, 3.8) is 0 Å². The number of nitrogens with zero attached hydrogens (tertiary/aromatic N) is 6. The summed E-state index contributed by atoms with van der Waals surface area (Å²) in [4.78, 5) is 25.0. The third-order valence-electron chi connectivity index (χ3n) is 10.2. The molecule has 6 rings (SSSR count). The molecule has 1 N–H and O–H groups in total. The molecule has 3 aromatic rings. The van der Waals surface area contributed by atoms with Crippen molar-refractivity contribution in [3.8, 4) is 0 Å². The van der Waals surface area contributed by atoms with Crippen LogP contribution in [0.2, 0.25) is 5.02 Å². The second-order valence-electron chi connectivity index (χ2n) is 12.9. The molecule has 1 saturated heterocycles. The number of likely N-dealkylation sites (tertiary alicyclic amines) is 1. The zero-order valence-electron chi connectivity index (χ0n) is 24.8. The van der Waals surface area contributed by atoms with E-state index in [-0.39, 0.29) is 23.4 Å². The first-order valence-corrected chi connectivity index (χ1v) is 16.3. The van der Waals surface area contributed by atoms with Crippen molar-refractivity contribution in [3.05, 3.63) is 59.2 Å². The number of amides is 1. The number of rotatable bonds is 9. The Kier molecular flexibility index (Phi) is 9.24. The normalized spacial score (nSPS) is 24.0. The fourth-order valence-corrected chi connectivity index (χ4v) is 7.91. The van der Waals surface area contributed by atoms with E-state index in [2.05, 4.69) is 30.4 Å². The van der Waals surface area contributed by atoms with E-state index in [1.54, 1.807) is 6.33 Å². The van der Waals surface area contributed by atoms with Gasteiger partial charge in [0.15, 0.2) is 5.82 Å². The lowest BCUT2D eigenvalue weighted by atomic mass is 9.63. The van der Waals surface area contributed by atoms with Crippen molar-refractivity contribution in [2.75, 3.05) is 13.1 Å². The highest BCUT2D eigenvalue weighted by molar-refractivity contribution is 6.30. The highest BCUT2D eigenvalue weighted by Crippen LogP contribution is 2.47. The molecule has 10 heteroatoms. The molecular formula is C32H44ClN7O2. The van der Waals surface area contributed by atoms with Crippen molar-refractivity contribution < 1.29 is 9.32 Å². The molecular weight excluding hydrogens is 550 g/mol. The third kappa shape index (κ3) is 6.88. The lowest BCUT2D eigenvalue weighted by molar-refractivity contribution is -0.137. The number of halogens is 1. The number of aromatic nitrogens is 5. The minimum absolute atomic E-state index is 0.176. The summed E-state index contributed by atoms with van der Waals surface area (Å²) in [6, 6.07) is 7.93. The Hall–Kier alpha value is -2.78. The fraction of sp³-hybridized carbons (Fsp3) is 0.656. The predicted octanol–water partition coefficient (Wildman–Crippen LogP) is 5.74. The van der Waals surface area contributed by atoms with Gasteiger partial charge in [0.25, 0.3) is 0 Å². The van der Waals surface area contributed by atoms with Crippen LogP contribution in [-0.2, 0) is 17.8 Å². The second-order valence-corrected chi connectivity index (χ2v) is 13.3. The maximum Gasteiger partial charge on any atom is 0.240 e. The van der Waals surface area contributed by atoms with E-state index in [0.29, 0.717) is 29.1 Å². The number of aryl methyl sites for hydroxylation is 1. The molecule has 0 spiro atoms. The Balaban J connectivity index is 1.13. The highest BCUT2D eigenvalue weighted by atomic mass is 35.5. The summed E-state index contributed by atoms with van der Waals surface area (Å²) in [5, 5.41) is 13.0. The van der Waals surface area contributed by atoms with E-state index in [9.17, 15) is 4.79 Å². The molecule has 2 aliphatic carbocycles. The lowest BCUT2D eigenvalue weighted by Crippen LogP contribution is -2.55. The minimum Gasteiger partial charge on any atom is -0.341 e. The van der Waals surface area contributed by atoms with Crippen molar-refractivity contribution in [1.29, 1.82) is 0 Å². The molecule has 2 saturated carbocycles. The Morgan fingerprint density at radius 2 is 1.81 bits per heavy atom. The lowest BCUT2D eigenvalue weighted by Gasteiger charge is -2.48. The highest BCUT2D eigenvalue weighted by Gasteiger charge is 2.44. The first kappa shape index (κ1) is 29.3. The summed E-state index contributed by atoms with van der Waals surface area (Å²) in [5.41, 5.74) is 1.30. The molecule has 2 aromatic heterocycles. The van der Waals surface area contributed by atoms with Crippen LogP contribution in [0.3, 0.4) is 0 Å². The second kappa shape index (κ2) is 13.2. The van der Waals surface area contributed by atoms with Gasteiger partial charge in [-0.05, 0) is 93.7 Å². The van der Waals surface area contributed by atoms with E-state index in [0.717, 1.165) is 69.6 Å². The summed E-state index contributed by atoms with van der Waals surface area (Å²) in [6.45, 7) is 4.36. The van der Waals surface area contributed by atoms with Crippen molar-refractivity contribution >= 4 is 17.5 Å². The number of benzene rings is 1. The van der Waals surface area contributed by atoms with Crippen LogP contribution >= 0.6 is 11.6 Å². The molecule has 3 heterocycles. The Bertz CT molecular complexity index is 1270. The van der Waals surface area contributed by atoms with Gasteiger partial charge in [0.2, 0.25) is 11.8 Å². The topological polar surface area (TPSA) is 102 Å². The molecule has 1 aliphatic heterocycles. The Labute approximate surface area is 253 Å². The van der Waals surface area contributed by atoms with E-state index in [1.807, 2.05) is 42.2 Å². The molecule has 0 bridgehead atoms. The van der Waals surface area contributed by atoms with E-state index in [1.165, 1.54) is 32.1 Å². The smallest absolute Gasteiger partial charge is 0.240 e. The van der Waals surface area contributed by atoms with Crippen LogP contribution in [0.15, 0.2) is 41.4 Å². The largest absolute Gasteiger partial charge is 0.341 e. The maximum atomic E-state index is 14.2. The monoisotopic (exact) mass is 593 g/mol. The van der Waals surface area contributed by atoms with Gasteiger partial charge in [-0.25, -0.2) is 4.98 Å². The molecule has 226 valence electrons.